The predicted octanol–water partition coefficient (Wildman–Crippen LogP) is 3.45. The van der Waals surface area contributed by atoms with E-state index >= 15 is 0 Å². The van der Waals surface area contributed by atoms with Gasteiger partial charge in [-0.15, -0.1) is 0 Å². The highest BCUT2D eigenvalue weighted by atomic mass is 32.2. The summed E-state index contributed by atoms with van der Waals surface area (Å²) in [6.45, 7) is 0. The van der Waals surface area contributed by atoms with Gasteiger partial charge in [0, 0.05) is 16.8 Å². The first kappa shape index (κ1) is 19.9. The molecule has 2 atom stereocenters. The monoisotopic (exact) mass is 455 g/mol. The highest BCUT2D eigenvalue weighted by Gasteiger charge is 2.52. The Morgan fingerprint density at radius 2 is 0.968 bits per heavy atom. The van der Waals surface area contributed by atoms with E-state index < -0.39 is 32.4 Å². The molecule has 31 heavy (non-hydrogen) atoms. The summed E-state index contributed by atoms with van der Waals surface area (Å²) in [6.07, 6.45) is 0.899. The number of sulfonamides is 2. The van der Waals surface area contributed by atoms with Crippen LogP contribution < -0.4 is 13.5 Å². The second kappa shape index (κ2) is 6.73. The molecule has 0 aromatic heterocycles. The Morgan fingerprint density at radius 3 is 1.39 bits per heavy atom. The normalized spacial score (nSPS) is 20.3. The summed E-state index contributed by atoms with van der Waals surface area (Å²) in [6, 6.07) is 23.5. The molecule has 0 saturated carbocycles. The zero-order valence-corrected chi connectivity index (χ0v) is 18.6. The lowest BCUT2D eigenvalue weighted by Gasteiger charge is -2.56. The Balaban J connectivity index is 1.94. The van der Waals surface area contributed by atoms with Crippen LogP contribution in [0, 0.1) is 0 Å². The minimum absolute atomic E-state index is 0.482. The van der Waals surface area contributed by atoms with Crippen molar-refractivity contribution in [1.29, 1.82) is 0 Å². The second-order valence-corrected chi connectivity index (χ2v) is 11.4. The van der Waals surface area contributed by atoms with Crippen molar-refractivity contribution >= 4 is 37.1 Å². The fraction of sp³-hybridized carbons (Fsp3) is 0.182. The number of benzene rings is 3. The fourth-order valence-corrected chi connectivity index (χ4v) is 6.79. The average Bonchev–Trinajstić information content (AvgIpc) is 2.72. The summed E-state index contributed by atoms with van der Waals surface area (Å²) in [5, 5.41) is 0. The van der Waals surface area contributed by atoms with Crippen molar-refractivity contribution in [2.45, 2.75) is 12.3 Å². The van der Waals surface area contributed by atoms with Crippen LogP contribution in [-0.2, 0) is 20.0 Å². The Morgan fingerprint density at radius 1 is 0.581 bits per heavy atom. The van der Waals surface area contributed by atoms with Crippen molar-refractivity contribution in [3.05, 3.63) is 90.0 Å². The lowest BCUT2D eigenvalue weighted by atomic mass is 9.95. The molecule has 0 fully saturated rings. The summed E-state index contributed by atoms with van der Waals surface area (Å²) in [7, 11) is -7.41. The van der Waals surface area contributed by atoms with Gasteiger partial charge in [-0.05, 0) is 24.3 Å². The van der Waals surface area contributed by atoms with Gasteiger partial charge >= 0.3 is 0 Å². The lowest BCUT2D eigenvalue weighted by molar-refractivity contribution is 0.485. The third-order valence-corrected chi connectivity index (χ3v) is 7.87. The largest absolute Gasteiger partial charge is 0.320 e. The Hall–Kier alpha value is -3.04. The van der Waals surface area contributed by atoms with Crippen LogP contribution in [0.15, 0.2) is 78.9 Å². The van der Waals surface area contributed by atoms with Gasteiger partial charge in [0.25, 0.3) is 0 Å². The van der Waals surface area contributed by atoms with Crippen LogP contribution in [0.4, 0.5) is 17.1 Å². The van der Waals surface area contributed by atoms with Gasteiger partial charge in [0.2, 0.25) is 20.0 Å². The SMILES string of the molecule is CS(=O)(=O)N1c2ccccc2[C@H]2N(c3ccccc3)[C@@H]1c1ccccc1N2S(C)(=O)=O. The Labute approximate surface area is 182 Å². The average molecular weight is 456 g/mol. The quantitative estimate of drug-likeness (QED) is 0.605. The number of fused-ring (bicyclic) bond motifs is 6. The molecule has 2 aliphatic heterocycles. The Kier molecular flexibility index (Phi) is 4.32. The molecule has 2 heterocycles. The first-order valence-corrected chi connectivity index (χ1v) is 13.4. The lowest BCUT2D eigenvalue weighted by Crippen LogP contribution is -2.59. The van der Waals surface area contributed by atoms with E-state index in [0.717, 1.165) is 5.69 Å². The van der Waals surface area contributed by atoms with Crippen LogP contribution in [-0.4, -0.2) is 29.3 Å². The molecular weight excluding hydrogens is 434 g/mol. The smallest absolute Gasteiger partial charge is 0.234 e. The number of anilines is 3. The molecule has 2 aliphatic rings. The van der Waals surface area contributed by atoms with Gasteiger partial charge in [0.05, 0.1) is 23.9 Å². The van der Waals surface area contributed by atoms with Crippen LogP contribution in [0.1, 0.15) is 23.5 Å². The summed E-state index contributed by atoms with van der Waals surface area (Å²) < 4.78 is 55.1. The van der Waals surface area contributed by atoms with Gasteiger partial charge < -0.3 is 4.90 Å². The van der Waals surface area contributed by atoms with Gasteiger partial charge in [0.15, 0.2) is 0 Å². The van der Waals surface area contributed by atoms with Crippen LogP contribution in [0.2, 0.25) is 0 Å². The molecular formula is C22H21N3O4S2. The number of nitrogens with zero attached hydrogens (tertiary/aromatic N) is 3. The van der Waals surface area contributed by atoms with E-state index in [-0.39, 0.29) is 0 Å². The molecule has 0 radical (unpaired) electrons. The highest BCUT2D eigenvalue weighted by molar-refractivity contribution is 7.92. The molecule has 0 unspecified atom stereocenters. The standard InChI is InChI=1S/C22H21N3O4S2/c1-30(26,27)24-19-14-8-6-12-17(19)22-23(16-10-4-3-5-11-16)21(24)18-13-7-9-15-20(18)25(22)31(2,28)29/h3-15,21-22H,1-2H3/t21-,22-/m0/s1. The van der Waals surface area contributed by atoms with Gasteiger partial charge in [-0.2, -0.15) is 0 Å². The number of para-hydroxylation sites is 3. The van der Waals surface area contributed by atoms with E-state index in [1.54, 1.807) is 48.5 Å². The molecule has 0 aliphatic carbocycles. The van der Waals surface area contributed by atoms with E-state index in [1.165, 1.54) is 21.1 Å². The van der Waals surface area contributed by atoms with Crippen molar-refractivity contribution in [2.75, 3.05) is 26.0 Å². The highest BCUT2D eigenvalue weighted by Crippen LogP contribution is 2.56. The zero-order chi connectivity index (χ0) is 22.0. The molecule has 0 saturated heterocycles. The van der Waals surface area contributed by atoms with Crippen molar-refractivity contribution in [2.24, 2.45) is 0 Å². The minimum atomic E-state index is -3.70. The van der Waals surface area contributed by atoms with Crippen molar-refractivity contribution < 1.29 is 16.8 Å². The summed E-state index contributed by atoms with van der Waals surface area (Å²) in [5.74, 6) is 0. The first-order valence-electron chi connectivity index (χ1n) is 9.69. The molecule has 0 amide bonds. The van der Waals surface area contributed by atoms with Gasteiger partial charge in [-0.3, -0.25) is 0 Å². The van der Waals surface area contributed by atoms with Gasteiger partial charge in [0.1, 0.15) is 12.3 Å². The van der Waals surface area contributed by atoms with E-state index in [9.17, 15) is 16.8 Å². The Bertz CT molecular complexity index is 1290. The van der Waals surface area contributed by atoms with Crippen molar-refractivity contribution in [3.63, 3.8) is 0 Å². The molecule has 0 N–H and O–H groups in total. The maximum absolute atomic E-state index is 13.1. The molecule has 3 aromatic rings. The molecule has 2 bridgehead atoms. The van der Waals surface area contributed by atoms with Crippen LogP contribution >= 0.6 is 0 Å². The second-order valence-electron chi connectivity index (χ2n) is 7.73. The molecule has 5 rings (SSSR count). The third-order valence-electron chi connectivity index (χ3n) is 5.64. The van der Waals surface area contributed by atoms with E-state index in [0.29, 0.717) is 22.5 Å². The number of rotatable bonds is 3. The van der Waals surface area contributed by atoms with Crippen molar-refractivity contribution in [3.8, 4) is 0 Å². The zero-order valence-electron chi connectivity index (χ0n) is 17.0. The molecule has 160 valence electrons. The minimum Gasteiger partial charge on any atom is -0.320 e. The van der Waals surface area contributed by atoms with Gasteiger partial charge in [-0.1, -0.05) is 54.6 Å². The first-order chi connectivity index (χ1) is 14.7. The molecule has 3 aromatic carbocycles. The fourth-order valence-electron chi connectivity index (χ4n) is 4.59. The topological polar surface area (TPSA) is 78.0 Å². The van der Waals surface area contributed by atoms with Gasteiger partial charge in [-0.25, -0.2) is 25.4 Å². The van der Waals surface area contributed by atoms with Crippen LogP contribution in [0.5, 0.6) is 0 Å². The summed E-state index contributed by atoms with van der Waals surface area (Å²) in [4.78, 5) is 1.87. The van der Waals surface area contributed by atoms with Crippen LogP contribution in [0.25, 0.3) is 0 Å². The van der Waals surface area contributed by atoms with E-state index in [1.807, 2.05) is 35.2 Å². The van der Waals surface area contributed by atoms with E-state index in [4.69, 9.17) is 0 Å². The number of hydrogen-bond donors (Lipinski definition) is 0. The summed E-state index contributed by atoms with van der Waals surface area (Å²) >= 11 is 0. The molecule has 9 heteroatoms. The van der Waals surface area contributed by atoms with Crippen LogP contribution in [0.3, 0.4) is 0 Å². The van der Waals surface area contributed by atoms with E-state index in [2.05, 4.69) is 0 Å². The van der Waals surface area contributed by atoms with Crippen molar-refractivity contribution in [1.82, 2.24) is 0 Å². The molecule has 0 spiro atoms. The predicted molar refractivity (Wildman–Crippen MR) is 122 cm³/mol. The number of hydrogen-bond acceptors (Lipinski definition) is 5. The maximum Gasteiger partial charge on any atom is 0.234 e. The molecule has 7 nitrogen and oxygen atoms in total. The maximum atomic E-state index is 13.1. The third kappa shape index (κ3) is 2.99. The summed E-state index contributed by atoms with van der Waals surface area (Å²) in [5.41, 5.74) is 2.90.